The molecule has 6 N–H and O–H groups in total. The fourth-order valence-corrected chi connectivity index (χ4v) is 6.66. The summed E-state index contributed by atoms with van der Waals surface area (Å²) >= 11 is 7.14. The maximum Gasteiger partial charge on any atom is 0.319 e. The molecule has 0 fully saturated rings. The van der Waals surface area contributed by atoms with E-state index < -0.39 is 13.4 Å². The van der Waals surface area contributed by atoms with Crippen molar-refractivity contribution < 1.29 is 46.5 Å². The molecule has 21 heavy (non-hydrogen) atoms. The van der Waals surface area contributed by atoms with Crippen molar-refractivity contribution in [1.82, 2.24) is 0 Å². The summed E-state index contributed by atoms with van der Waals surface area (Å²) in [6, 6.07) is 0. The second-order valence-electron chi connectivity index (χ2n) is 5.45. The van der Waals surface area contributed by atoms with E-state index in [9.17, 15) is 0 Å². The van der Waals surface area contributed by atoms with Crippen molar-refractivity contribution in [3.63, 3.8) is 0 Å². The van der Waals surface area contributed by atoms with E-state index in [-0.39, 0.29) is 17.1 Å². The van der Waals surface area contributed by atoms with Crippen molar-refractivity contribution in [3.8, 4) is 0 Å². The first kappa shape index (κ1) is 27.5. The Balaban J connectivity index is -0.000000270. The smallest absolute Gasteiger partial charge is 0.319 e. The summed E-state index contributed by atoms with van der Waals surface area (Å²) < 4.78 is 0. The van der Waals surface area contributed by atoms with Crippen LogP contribution in [0, 0.1) is 11.8 Å². The van der Waals surface area contributed by atoms with E-state index in [0.29, 0.717) is 0 Å². The molecule has 0 aliphatic heterocycles. The molecule has 0 rings (SSSR count). The van der Waals surface area contributed by atoms with Gasteiger partial charge in [-0.2, -0.15) is 0 Å². The number of hydrogen-bond donors (Lipinski definition) is 6. The first-order valence-electron chi connectivity index (χ1n) is 6.69. The van der Waals surface area contributed by atoms with Gasteiger partial charge in [0.1, 0.15) is 0 Å². The van der Waals surface area contributed by atoms with Gasteiger partial charge in [0, 0.05) is 0 Å². The zero-order chi connectivity index (χ0) is 17.7. The van der Waals surface area contributed by atoms with Gasteiger partial charge in [0.25, 0.3) is 0 Å². The molecule has 0 aromatic carbocycles. The molecule has 0 unspecified atom stereocenters. The summed E-state index contributed by atoms with van der Waals surface area (Å²) in [5.74, 6) is 1.89. The average molecular weight is 436 g/mol. The van der Waals surface area contributed by atoms with Crippen LogP contribution in [0.4, 0.5) is 0 Å². The van der Waals surface area contributed by atoms with Gasteiger partial charge in [-0.15, -0.1) is 0 Å². The van der Waals surface area contributed by atoms with E-state index in [4.69, 9.17) is 29.4 Å². The minimum atomic E-state index is -3.81. The maximum absolute atomic E-state index is 7.56. The molecule has 6 nitrogen and oxygen atoms in total. The first-order chi connectivity index (χ1) is 9.13. The summed E-state index contributed by atoms with van der Waals surface area (Å²) in [6.45, 7) is 1.74. The van der Waals surface area contributed by atoms with Crippen LogP contribution in [0.25, 0.3) is 0 Å². The average Bonchev–Trinajstić information content (AvgIpc) is 2.10. The van der Waals surface area contributed by atoms with Crippen LogP contribution >= 0.6 is 13.4 Å². The molecule has 0 saturated carbocycles. The summed E-state index contributed by atoms with van der Waals surface area (Å²) in [5.41, 5.74) is 0. The second-order valence-corrected chi connectivity index (χ2v) is 14.9. The number of hydrogen-bond acceptors (Lipinski definition) is 2. The Bertz CT molecular complexity index is 272. The normalized spacial score (nSPS) is 11.2. The molecule has 0 aromatic rings. The molecule has 0 bridgehead atoms. The van der Waals surface area contributed by atoms with Crippen molar-refractivity contribution in [2.24, 2.45) is 11.8 Å². The van der Waals surface area contributed by atoms with Crippen LogP contribution in [-0.4, -0.2) is 29.4 Å². The molecule has 0 aliphatic rings. The Morgan fingerprint density at radius 3 is 1.05 bits per heavy atom. The summed E-state index contributed by atoms with van der Waals surface area (Å²) in [4.78, 5) is 45.3. The van der Waals surface area contributed by atoms with Crippen LogP contribution in [0.3, 0.4) is 0 Å². The van der Waals surface area contributed by atoms with Gasteiger partial charge in [-0.1, -0.05) is 0 Å². The van der Waals surface area contributed by atoms with E-state index in [2.05, 4.69) is 51.3 Å². The van der Waals surface area contributed by atoms with Gasteiger partial charge in [-0.25, -0.2) is 0 Å². The summed E-state index contributed by atoms with van der Waals surface area (Å²) in [6.07, 6.45) is 3.00. The second kappa shape index (κ2) is 15.2. The third-order valence-corrected chi connectivity index (χ3v) is 5.87. The monoisotopic (exact) mass is 434 g/mol. The third kappa shape index (κ3) is 89.6. The largest absolute Gasteiger partial charge is 0.325 e. The fourth-order valence-electron chi connectivity index (χ4n) is 1.28. The minimum absolute atomic E-state index is 0.0646. The Labute approximate surface area is 145 Å². The van der Waals surface area contributed by atoms with Gasteiger partial charge >= 0.3 is 93.0 Å². The Kier molecular flexibility index (Phi) is 20.0. The van der Waals surface area contributed by atoms with Crippen molar-refractivity contribution in [1.29, 1.82) is 0 Å². The standard InChI is InChI=1S/2C5H11.2H3O3PS.Zn/c2*1-4-5(2)3;2*1-4(2,3)5;/h2*5H,1,4H2,2-3H3;2*(H3,1,2,3,5);. The molecule has 11 heteroatoms. The third-order valence-electron chi connectivity index (χ3n) is 2.06. The quantitative estimate of drug-likeness (QED) is 0.214. The van der Waals surface area contributed by atoms with E-state index in [0.717, 1.165) is 11.8 Å². The van der Waals surface area contributed by atoms with Gasteiger partial charge in [0.05, 0.1) is 0 Å². The summed E-state index contributed by atoms with van der Waals surface area (Å²) in [5, 5.41) is 3.24. The molecule has 0 aliphatic carbocycles. The zero-order valence-electron chi connectivity index (χ0n) is 13.1. The van der Waals surface area contributed by atoms with Gasteiger partial charge in [-0.3, -0.25) is 0 Å². The van der Waals surface area contributed by atoms with E-state index in [1.807, 2.05) is 0 Å². The van der Waals surface area contributed by atoms with Crippen LogP contribution < -0.4 is 0 Å². The Morgan fingerprint density at radius 1 is 0.714 bits per heavy atom. The van der Waals surface area contributed by atoms with Gasteiger partial charge < -0.3 is 29.4 Å². The van der Waals surface area contributed by atoms with E-state index in [1.165, 1.54) is 12.8 Å². The van der Waals surface area contributed by atoms with Crippen molar-refractivity contribution in [3.05, 3.63) is 0 Å². The maximum atomic E-state index is 7.56. The summed E-state index contributed by atoms with van der Waals surface area (Å²) in [7, 11) is 0. The molecule has 0 spiro atoms. The predicted molar refractivity (Wildman–Crippen MR) is 90.4 cm³/mol. The van der Waals surface area contributed by atoms with Crippen LogP contribution in [-0.2, 0) is 40.7 Å². The molecule has 128 valence electrons. The van der Waals surface area contributed by atoms with Crippen molar-refractivity contribution in [2.75, 3.05) is 0 Å². The molecule has 0 heterocycles. The topological polar surface area (TPSA) is 121 Å². The molecule has 0 amide bonds. The van der Waals surface area contributed by atoms with Crippen LogP contribution in [0.15, 0.2) is 0 Å². The predicted octanol–water partition coefficient (Wildman–Crippen LogP) is 2.37. The molecule has 0 atom stereocenters. The van der Waals surface area contributed by atoms with Gasteiger partial charge in [-0.05, 0) is 23.6 Å². The zero-order valence-corrected chi connectivity index (χ0v) is 19.5. The Hall–Kier alpha value is 1.68. The van der Waals surface area contributed by atoms with Crippen LogP contribution in [0.1, 0.15) is 40.5 Å². The van der Waals surface area contributed by atoms with Gasteiger partial charge in [0.15, 0.2) is 0 Å². The van der Waals surface area contributed by atoms with E-state index in [1.54, 1.807) is 10.0 Å². The molecule has 0 radical (unpaired) electrons. The molecule has 0 aromatic heterocycles. The SMILES string of the molecule is CC(C)C[CH2][Zn][CH2]CC(C)C.OP(O)(O)=S.OP(O)(O)=S. The number of rotatable bonds is 6. The van der Waals surface area contributed by atoms with Crippen LogP contribution in [0.2, 0.25) is 10.0 Å². The van der Waals surface area contributed by atoms with Crippen molar-refractivity contribution in [2.45, 2.75) is 50.6 Å². The molecular weight excluding hydrogens is 408 g/mol. The molecular formula is C10H28O6P2S2Zn. The van der Waals surface area contributed by atoms with Crippen LogP contribution in [0.5, 0.6) is 0 Å². The van der Waals surface area contributed by atoms with E-state index >= 15 is 0 Å². The minimum Gasteiger partial charge on any atom is -0.325 e. The first-order valence-corrected chi connectivity index (χ1v) is 16.2. The van der Waals surface area contributed by atoms with Gasteiger partial charge in [0.2, 0.25) is 0 Å². The Morgan fingerprint density at radius 2 is 0.905 bits per heavy atom. The fraction of sp³-hybridized carbons (Fsp3) is 1.00. The van der Waals surface area contributed by atoms with Crippen molar-refractivity contribution >= 4 is 37.1 Å². The molecule has 0 saturated heterocycles.